The lowest BCUT2D eigenvalue weighted by Gasteiger charge is -2.30. The van der Waals surface area contributed by atoms with Crippen LogP contribution < -0.4 is 5.32 Å². The molecule has 1 aliphatic rings. The van der Waals surface area contributed by atoms with Crippen LogP contribution in [0.5, 0.6) is 0 Å². The van der Waals surface area contributed by atoms with Crippen molar-refractivity contribution in [1.82, 2.24) is 9.62 Å². The third-order valence-electron chi connectivity index (χ3n) is 5.34. The minimum absolute atomic E-state index is 0.0491. The molecule has 3 rings (SSSR count). The number of hydrogen-bond acceptors (Lipinski definition) is 7. The summed E-state index contributed by atoms with van der Waals surface area (Å²) in [5.74, 6) is -1.10. The minimum atomic E-state index is -3.78. The molecule has 1 unspecified atom stereocenters. The Morgan fingerprint density at radius 3 is 2.53 bits per heavy atom. The SMILES string of the molecule is CC(=O)c1cccc(S(=O)(=O)N2CCC(C(=O)OC(C)C(=O)NCc3ccco3)CC2)c1. The van der Waals surface area contributed by atoms with E-state index in [0.717, 1.165) is 0 Å². The van der Waals surface area contributed by atoms with Crippen molar-refractivity contribution in [3.05, 3.63) is 54.0 Å². The number of amides is 1. The van der Waals surface area contributed by atoms with Crippen LogP contribution in [-0.2, 0) is 30.9 Å². The summed E-state index contributed by atoms with van der Waals surface area (Å²) in [6.07, 6.45) is 1.09. The molecule has 1 fully saturated rings. The number of carbonyl (C=O) groups excluding carboxylic acids is 3. The number of sulfonamides is 1. The van der Waals surface area contributed by atoms with E-state index < -0.39 is 33.9 Å². The number of benzene rings is 1. The highest BCUT2D eigenvalue weighted by molar-refractivity contribution is 7.89. The van der Waals surface area contributed by atoms with Crippen LogP contribution in [0.25, 0.3) is 0 Å². The Kier molecular flexibility index (Phi) is 7.47. The van der Waals surface area contributed by atoms with Crippen LogP contribution in [0.4, 0.5) is 0 Å². The topological polar surface area (TPSA) is 123 Å². The molecule has 10 heteroatoms. The molecule has 1 N–H and O–H groups in total. The average Bonchev–Trinajstić information content (AvgIpc) is 3.31. The van der Waals surface area contributed by atoms with Gasteiger partial charge in [-0.2, -0.15) is 4.31 Å². The van der Waals surface area contributed by atoms with Gasteiger partial charge in [0.1, 0.15) is 5.76 Å². The van der Waals surface area contributed by atoms with Crippen LogP contribution in [0.2, 0.25) is 0 Å². The first kappa shape index (κ1) is 23.7. The molecule has 1 aromatic heterocycles. The standard InChI is InChI=1S/C22H26N2O7S/c1-15(25)18-5-3-7-20(13-18)32(28,29)24-10-8-17(9-11-24)22(27)31-16(2)21(26)23-14-19-6-4-12-30-19/h3-7,12-13,16-17H,8-11,14H2,1-2H3,(H,23,26). The van der Waals surface area contributed by atoms with Crippen LogP contribution in [0.1, 0.15) is 42.8 Å². The summed E-state index contributed by atoms with van der Waals surface area (Å²) in [7, 11) is -3.78. The molecule has 9 nitrogen and oxygen atoms in total. The molecular weight excluding hydrogens is 436 g/mol. The van der Waals surface area contributed by atoms with Crippen molar-refractivity contribution in [2.45, 2.75) is 44.2 Å². The summed E-state index contributed by atoms with van der Waals surface area (Å²) in [4.78, 5) is 36.2. The van der Waals surface area contributed by atoms with Gasteiger partial charge in [0.05, 0.1) is 23.6 Å². The highest BCUT2D eigenvalue weighted by Crippen LogP contribution is 2.25. The molecule has 2 aromatic rings. The smallest absolute Gasteiger partial charge is 0.309 e. The van der Waals surface area contributed by atoms with Gasteiger partial charge in [0.25, 0.3) is 5.91 Å². The third kappa shape index (κ3) is 5.63. The van der Waals surface area contributed by atoms with Crippen molar-refractivity contribution in [1.29, 1.82) is 0 Å². The van der Waals surface area contributed by atoms with Crippen LogP contribution in [0.15, 0.2) is 52.0 Å². The Balaban J connectivity index is 1.52. The van der Waals surface area contributed by atoms with Gasteiger partial charge in [-0.05, 0) is 51.0 Å². The van der Waals surface area contributed by atoms with E-state index >= 15 is 0 Å². The molecular formula is C22H26N2O7S. The number of Topliss-reactive ketones (excluding diaryl/α,β-unsaturated/α-hetero) is 1. The summed E-state index contributed by atoms with van der Waals surface area (Å²) >= 11 is 0. The monoisotopic (exact) mass is 462 g/mol. The van der Waals surface area contributed by atoms with E-state index in [-0.39, 0.29) is 43.2 Å². The fourth-order valence-electron chi connectivity index (χ4n) is 3.41. The summed E-state index contributed by atoms with van der Waals surface area (Å²) in [6, 6.07) is 9.33. The molecule has 32 heavy (non-hydrogen) atoms. The van der Waals surface area contributed by atoms with Crippen molar-refractivity contribution in [2.75, 3.05) is 13.1 Å². The zero-order valence-electron chi connectivity index (χ0n) is 17.9. The molecule has 1 saturated heterocycles. The Morgan fingerprint density at radius 2 is 1.91 bits per heavy atom. The Labute approximate surface area is 186 Å². The van der Waals surface area contributed by atoms with Crippen LogP contribution in [0.3, 0.4) is 0 Å². The van der Waals surface area contributed by atoms with E-state index in [1.165, 1.54) is 42.6 Å². The minimum Gasteiger partial charge on any atom is -0.467 e. The average molecular weight is 463 g/mol. The normalized spacial score (nSPS) is 16.3. The number of furan rings is 1. The molecule has 1 aliphatic heterocycles. The second-order valence-corrected chi connectivity index (χ2v) is 9.58. The number of ether oxygens (including phenoxy) is 1. The largest absolute Gasteiger partial charge is 0.467 e. The summed E-state index contributed by atoms with van der Waals surface area (Å²) in [5, 5.41) is 2.63. The van der Waals surface area contributed by atoms with Gasteiger partial charge in [-0.15, -0.1) is 0 Å². The lowest BCUT2D eigenvalue weighted by atomic mass is 9.98. The molecule has 0 bridgehead atoms. The van der Waals surface area contributed by atoms with Gasteiger partial charge in [0.15, 0.2) is 11.9 Å². The first-order chi connectivity index (χ1) is 15.2. The van der Waals surface area contributed by atoms with Gasteiger partial charge in [-0.1, -0.05) is 12.1 Å². The van der Waals surface area contributed by atoms with Gasteiger partial charge >= 0.3 is 5.97 Å². The van der Waals surface area contributed by atoms with Crippen molar-refractivity contribution >= 4 is 27.7 Å². The van der Waals surface area contributed by atoms with Gasteiger partial charge in [-0.25, -0.2) is 8.42 Å². The maximum atomic E-state index is 12.9. The molecule has 0 radical (unpaired) electrons. The fourth-order valence-corrected chi connectivity index (χ4v) is 4.93. The van der Waals surface area contributed by atoms with E-state index in [1.807, 2.05) is 0 Å². The number of esters is 1. The van der Waals surface area contributed by atoms with Gasteiger partial charge in [0.2, 0.25) is 10.0 Å². The first-order valence-corrected chi connectivity index (χ1v) is 11.7. The summed E-state index contributed by atoms with van der Waals surface area (Å²) < 4.78 is 37.5. The zero-order valence-corrected chi connectivity index (χ0v) is 18.8. The Bertz CT molecular complexity index is 1070. The Hall–Kier alpha value is -2.98. The number of hydrogen-bond donors (Lipinski definition) is 1. The van der Waals surface area contributed by atoms with E-state index in [1.54, 1.807) is 18.2 Å². The number of piperidine rings is 1. The molecule has 2 heterocycles. The number of nitrogens with one attached hydrogen (secondary N) is 1. The predicted molar refractivity (Wildman–Crippen MR) is 114 cm³/mol. The van der Waals surface area contributed by atoms with E-state index in [9.17, 15) is 22.8 Å². The second-order valence-electron chi connectivity index (χ2n) is 7.64. The number of nitrogens with zero attached hydrogens (tertiary/aromatic N) is 1. The first-order valence-electron chi connectivity index (χ1n) is 10.3. The molecule has 1 aromatic carbocycles. The van der Waals surface area contributed by atoms with Crippen LogP contribution >= 0.6 is 0 Å². The van der Waals surface area contributed by atoms with Gasteiger partial charge < -0.3 is 14.5 Å². The van der Waals surface area contributed by atoms with Gasteiger partial charge in [0, 0.05) is 18.7 Å². The maximum absolute atomic E-state index is 12.9. The zero-order chi connectivity index (χ0) is 23.3. The highest BCUT2D eigenvalue weighted by Gasteiger charge is 2.34. The molecule has 1 amide bonds. The summed E-state index contributed by atoms with van der Waals surface area (Å²) in [6.45, 7) is 3.34. The van der Waals surface area contributed by atoms with Crippen molar-refractivity contribution in [3.8, 4) is 0 Å². The fraction of sp³-hybridized carbons (Fsp3) is 0.409. The summed E-state index contributed by atoms with van der Waals surface area (Å²) in [5.41, 5.74) is 0.323. The van der Waals surface area contributed by atoms with Gasteiger partial charge in [-0.3, -0.25) is 14.4 Å². The quantitative estimate of drug-likeness (QED) is 0.471. The molecule has 172 valence electrons. The predicted octanol–water partition coefficient (Wildman–Crippen LogP) is 2.13. The Morgan fingerprint density at radius 1 is 1.19 bits per heavy atom. The lowest BCUT2D eigenvalue weighted by molar-refractivity contribution is -0.159. The van der Waals surface area contributed by atoms with Crippen LogP contribution in [0, 0.1) is 5.92 Å². The van der Waals surface area contributed by atoms with Crippen molar-refractivity contribution in [2.24, 2.45) is 5.92 Å². The van der Waals surface area contributed by atoms with E-state index in [0.29, 0.717) is 11.3 Å². The van der Waals surface area contributed by atoms with Crippen LogP contribution in [-0.4, -0.2) is 49.6 Å². The maximum Gasteiger partial charge on any atom is 0.309 e. The van der Waals surface area contributed by atoms with E-state index in [4.69, 9.17) is 9.15 Å². The molecule has 1 atom stereocenters. The lowest BCUT2D eigenvalue weighted by Crippen LogP contribution is -2.42. The van der Waals surface area contributed by atoms with Crippen molar-refractivity contribution < 1.29 is 32.0 Å². The number of ketones is 1. The van der Waals surface area contributed by atoms with E-state index in [2.05, 4.69) is 5.32 Å². The highest BCUT2D eigenvalue weighted by atomic mass is 32.2. The number of rotatable bonds is 8. The van der Waals surface area contributed by atoms with Crippen molar-refractivity contribution in [3.63, 3.8) is 0 Å². The molecule has 0 aliphatic carbocycles. The molecule has 0 spiro atoms. The third-order valence-corrected chi connectivity index (χ3v) is 7.24. The molecule has 0 saturated carbocycles. The second kappa shape index (κ2) is 10.1. The number of carbonyl (C=O) groups is 3.